The molecule has 6 heteroatoms. The molecule has 1 N–H and O–H groups in total. The SMILES string of the molecule is O=C(NCc1ccc(I)cc1)C1CCCN(c2ccc(-c3ccccc3)nn2)C1. The van der Waals surface area contributed by atoms with E-state index in [1.165, 1.54) is 3.57 Å². The molecule has 3 aromatic rings. The van der Waals surface area contributed by atoms with Crippen LogP contribution in [-0.2, 0) is 11.3 Å². The molecule has 2 aromatic carbocycles. The van der Waals surface area contributed by atoms with E-state index in [1.54, 1.807) is 0 Å². The van der Waals surface area contributed by atoms with Crippen LogP contribution in [0.1, 0.15) is 18.4 Å². The number of benzene rings is 2. The second-order valence-electron chi connectivity index (χ2n) is 7.27. The van der Waals surface area contributed by atoms with E-state index in [2.05, 4.69) is 67.3 Å². The van der Waals surface area contributed by atoms with Gasteiger partial charge in [0.2, 0.25) is 5.91 Å². The summed E-state index contributed by atoms with van der Waals surface area (Å²) in [6.07, 6.45) is 1.88. The van der Waals surface area contributed by atoms with E-state index in [0.29, 0.717) is 13.1 Å². The highest BCUT2D eigenvalue weighted by Gasteiger charge is 2.26. The van der Waals surface area contributed by atoms with Gasteiger partial charge in [-0.3, -0.25) is 4.79 Å². The highest BCUT2D eigenvalue weighted by molar-refractivity contribution is 14.1. The van der Waals surface area contributed by atoms with Gasteiger partial charge in [0.15, 0.2) is 5.82 Å². The molecule has 0 aliphatic carbocycles. The van der Waals surface area contributed by atoms with Crippen LogP contribution in [0.4, 0.5) is 5.82 Å². The zero-order valence-electron chi connectivity index (χ0n) is 16.1. The summed E-state index contributed by atoms with van der Waals surface area (Å²) in [4.78, 5) is 14.8. The molecule has 1 saturated heterocycles. The summed E-state index contributed by atoms with van der Waals surface area (Å²) in [6.45, 7) is 2.15. The first kappa shape index (κ1) is 19.8. The average Bonchev–Trinajstić information content (AvgIpc) is 2.79. The summed E-state index contributed by atoms with van der Waals surface area (Å²) in [6, 6.07) is 22.3. The number of nitrogens with one attached hydrogen (secondary N) is 1. The summed E-state index contributed by atoms with van der Waals surface area (Å²) in [5.74, 6) is 0.921. The van der Waals surface area contributed by atoms with Crippen molar-refractivity contribution in [1.29, 1.82) is 0 Å². The molecule has 29 heavy (non-hydrogen) atoms. The molecule has 4 rings (SSSR count). The number of carbonyl (C=O) groups is 1. The number of anilines is 1. The first-order valence-corrected chi connectivity index (χ1v) is 10.9. The largest absolute Gasteiger partial charge is 0.354 e. The lowest BCUT2D eigenvalue weighted by atomic mass is 9.97. The topological polar surface area (TPSA) is 58.1 Å². The quantitative estimate of drug-likeness (QED) is 0.534. The van der Waals surface area contributed by atoms with Crippen LogP contribution in [0.25, 0.3) is 11.3 Å². The van der Waals surface area contributed by atoms with Gasteiger partial charge in [-0.25, -0.2) is 0 Å². The van der Waals surface area contributed by atoms with E-state index >= 15 is 0 Å². The minimum absolute atomic E-state index is 0.0248. The van der Waals surface area contributed by atoms with Crippen molar-refractivity contribution in [2.75, 3.05) is 18.0 Å². The highest BCUT2D eigenvalue weighted by Crippen LogP contribution is 2.23. The Kier molecular flexibility index (Phi) is 6.39. The van der Waals surface area contributed by atoms with Gasteiger partial charge in [-0.1, -0.05) is 42.5 Å². The molecule has 5 nitrogen and oxygen atoms in total. The molecule has 1 aromatic heterocycles. The van der Waals surface area contributed by atoms with E-state index < -0.39 is 0 Å². The third kappa shape index (κ3) is 5.12. The molecule has 1 unspecified atom stereocenters. The van der Waals surface area contributed by atoms with E-state index in [1.807, 2.05) is 42.5 Å². The van der Waals surface area contributed by atoms with Crippen molar-refractivity contribution in [1.82, 2.24) is 15.5 Å². The van der Waals surface area contributed by atoms with Gasteiger partial charge in [-0.15, -0.1) is 10.2 Å². The highest BCUT2D eigenvalue weighted by atomic mass is 127. The Labute approximate surface area is 184 Å². The summed E-state index contributed by atoms with van der Waals surface area (Å²) < 4.78 is 1.19. The van der Waals surface area contributed by atoms with Crippen LogP contribution in [0.2, 0.25) is 0 Å². The fourth-order valence-corrected chi connectivity index (χ4v) is 3.95. The normalized spacial score (nSPS) is 16.4. The van der Waals surface area contributed by atoms with Crippen molar-refractivity contribution in [3.8, 4) is 11.3 Å². The minimum atomic E-state index is -0.0248. The summed E-state index contributed by atoms with van der Waals surface area (Å²) >= 11 is 2.28. The fourth-order valence-electron chi connectivity index (χ4n) is 3.59. The molecule has 0 saturated carbocycles. The number of hydrogen-bond acceptors (Lipinski definition) is 4. The standard InChI is InChI=1S/C23H23IN4O/c24-20-10-8-17(9-11-20)15-25-23(29)19-7-4-14-28(16-19)22-13-12-21(26-27-22)18-5-2-1-3-6-18/h1-3,5-6,8-13,19H,4,7,14-16H2,(H,25,29). The maximum Gasteiger partial charge on any atom is 0.225 e. The third-order valence-corrected chi connectivity index (χ3v) is 5.94. The molecule has 1 amide bonds. The molecule has 0 spiro atoms. The minimum Gasteiger partial charge on any atom is -0.354 e. The van der Waals surface area contributed by atoms with Crippen molar-refractivity contribution in [2.45, 2.75) is 19.4 Å². The molecular formula is C23H23IN4O. The van der Waals surface area contributed by atoms with E-state index in [4.69, 9.17) is 0 Å². The Balaban J connectivity index is 1.36. The molecule has 1 aliphatic rings. The second-order valence-corrected chi connectivity index (χ2v) is 8.52. The van der Waals surface area contributed by atoms with E-state index in [0.717, 1.165) is 42.0 Å². The number of amides is 1. The van der Waals surface area contributed by atoms with Gasteiger partial charge < -0.3 is 10.2 Å². The molecule has 148 valence electrons. The predicted molar refractivity (Wildman–Crippen MR) is 123 cm³/mol. The zero-order chi connectivity index (χ0) is 20.1. The zero-order valence-corrected chi connectivity index (χ0v) is 18.2. The van der Waals surface area contributed by atoms with Crippen molar-refractivity contribution < 1.29 is 4.79 Å². The molecule has 0 radical (unpaired) electrons. The summed E-state index contributed by atoms with van der Waals surface area (Å²) in [5, 5.41) is 11.9. The van der Waals surface area contributed by atoms with Crippen molar-refractivity contribution in [2.24, 2.45) is 5.92 Å². The number of carbonyl (C=O) groups excluding carboxylic acids is 1. The number of hydrogen-bond donors (Lipinski definition) is 1. The molecule has 2 heterocycles. The molecular weight excluding hydrogens is 475 g/mol. The van der Waals surface area contributed by atoms with Crippen LogP contribution in [0, 0.1) is 9.49 Å². The second kappa shape index (κ2) is 9.35. The fraction of sp³-hybridized carbons (Fsp3) is 0.261. The van der Waals surface area contributed by atoms with E-state index in [-0.39, 0.29) is 11.8 Å². The van der Waals surface area contributed by atoms with Gasteiger partial charge in [-0.2, -0.15) is 0 Å². The van der Waals surface area contributed by atoms with Crippen molar-refractivity contribution >= 4 is 34.3 Å². The van der Waals surface area contributed by atoms with Crippen molar-refractivity contribution in [3.63, 3.8) is 0 Å². The van der Waals surface area contributed by atoms with Gasteiger partial charge in [0, 0.05) is 28.8 Å². The lowest BCUT2D eigenvalue weighted by Crippen LogP contribution is -2.43. The Bertz CT molecular complexity index is 945. The number of nitrogens with zero attached hydrogens (tertiary/aromatic N) is 3. The number of piperidine rings is 1. The van der Waals surface area contributed by atoms with Crippen LogP contribution < -0.4 is 10.2 Å². The monoisotopic (exact) mass is 498 g/mol. The van der Waals surface area contributed by atoms with E-state index in [9.17, 15) is 4.79 Å². The van der Waals surface area contributed by atoms with Crippen LogP contribution >= 0.6 is 22.6 Å². The van der Waals surface area contributed by atoms with Gasteiger partial charge in [0.25, 0.3) is 0 Å². The van der Waals surface area contributed by atoms with Gasteiger partial charge >= 0.3 is 0 Å². The van der Waals surface area contributed by atoms with Crippen LogP contribution in [-0.4, -0.2) is 29.2 Å². The Hall–Kier alpha value is -2.48. The van der Waals surface area contributed by atoms with Gasteiger partial charge in [0.1, 0.15) is 0 Å². The maximum atomic E-state index is 12.7. The molecule has 0 bridgehead atoms. The van der Waals surface area contributed by atoms with Crippen molar-refractivity contribution in [3.05, 3.63) is 75.9 Å². The van der Waals surface area contributed by atoms with Crippen LogP contribution in [0.3, 0.4) is 0 Å². The smallest absolute Gasteiger partial charge is 0.225 e. The summed E-state index contributed by atoms with van der Waals surface area (Å²) in [7, 11) is 0. The first-order valence-electron chi connectivity index (χ1n) is 9.85. The number of rotatable bonds is 5. The Morgan fingerprint density at radius 2 is 1.83 bits per heavy atom. The molecule has 1 fully saturated rings. The number of halogens is 1. The van der Waals surface area contributed by atoms with Gasteiger partial charge in [0.05, 0.1) is 11.6 Å². The van der Waals surface area contributed by atoms with Crippen LogP contribution in [0.5, 0.6) is 0 Å². The predicted octanol–water partition coefficient (Wildman–Crippen LogP) is 4.28. The average molecular weight is 498 g/mol. The maximum absolute atomic E-state index is 12.7. The van der Waals surface area contributed by atoms with Gasteiger partial charge in [-0.05, 0) is 65.3 Å². The number of aromatic nitrogens is 2. The lowest BCUT2D eigenvalue weighted by molar-refractivity contribution is -0.125. The first-order chi connectivity index (χ1) is 14.2. The third-order valence-electron chi connectivity index (χ3n) is 5.22. The summed E-state index contributed by atoms with van der Waals surface area (Å²) in [5.41, 5.74) is 3.03. The molecule has 1 atom stereocenters. The van der Waals surface area contributed by atoms with Crippen LogP contribution in [0.15, 0.2) is 66.7 Å². The Morgan fingerprint density at radius 3 is 2.55 bits per heavy atom. The lowest BCUT2D eigenvalue weighted by Gasteiger charge is -2.32. The Morgan fingerprint density at radius 1 is 1.03 bits per heavy atom. The molecule has 1 aliphatic heterocycles.